The summed E-state index contributed by atoms with van der Waals surface area (Å²) < 4.78 is 5.45. The number of hydrogen-bond acceptors (Lipinski definition) is 2. The van der Waals surface area contributed by atoms with Gasteiger partial charge in [-0.3, -0.25) is 0 Å². The molecular weight excluding hydrogens is 200 g/mol. The van der Waals surface area contributed by atoms with E-state index in [0.717, 1.165) is 19.3 Å². The average molecular weight is 222 g/mol. The van der Waals surface area contributed by atoms with Crippen molar-refractivity contribution in [1.29, 1.82) is 0 Å². The van der Waals surface area contributed by atoms with Crippen LogP contribution < -0.4 is 0 Å². The van der Waals surface area contributed by atoms with Gasteiger partial charge in [-0.25, -0.2) is 0 Å². The van der Waals surface area contributed by atoms with Gasteiger partial charge in [-0.15, -0.1) is 0 Å². The standard InChI is InChI=1S/C14H22O2/c1-14(2,16-3)11-13-8-5-4-7-12(13)9-6-10-15/h4-5,7-8,15H,6,9-11H2,1-3H3. The highest BCUT2D eigenvalue weighted by Crippen LogP contribution is 2.20. The van der Waals surface area contributed by atoms with Crippen molar-refractivity contribution in [3.05, 3.63) is 35.4 Å². The summed E-state index contributed by atoms with van der Waals surface area (Å²) in [6.07, 6.45) is 2.67. The van der Waals surface area contributed by atoms with Gasteiger partial charge in [0.25, 0.3) is 0 Å². The zero-order valence-electron chi connectivity index (χ0n) is 10.5. The molecule has 1 rings (SSSR count). The van der Waals surface area contributed by atoms with Crippen molar-refractivity contribution >= 4 is 0 Å². The molecule has 0 radical (unpaired) electrons. The second-order valence-electron chi connectivity index (χ2n) is 4.74. The van der Waals surface area contributed by atoms with Gasteiger partial charge in [0, 0.05) is 20.1 Å². The SMILES string of the molecule is COC(C)(C)Cc1ccccc1CCCO. The van der Waals surface area contributed by atoms with Crippen molar-refractivity contribution in [2.24, 2.45) is 0 Å². The first-order valence-electron chi connectivity index (χ1n) is 5.82. The summed E-state index contributed by atoms with van der Waals surface area (Å²) in [4.78, 5) is 0. The van der Waals surface area contributed by atoms with E-state index in [2.05, 4.69) is 38.1 Å². The van der Waals surface area contributed by atoms with E-state index in [9.17, 15) is 0 Å². The van der Waals surface area contributed by atoms with E-state index in [0.29, 0.717) is 0 Å². The third-order valence-electron chi connectivity index (χ3n) is 2.89. The Labute approximate surface area is 98.3 Å². The summed E-state index contributed by atoms with van der Waals surface area (Å²) in [6, 6.07) is 8.39. The number of ether oxygens (including phenoxy) is 1. The lowest BCUT2D eigenvalue weighted by Crippen LogP contribution is -2.26. The maximum Gasteiger partial charge on any atom is 0.0663 e. The third kappa shape index (κ3) is 3.95. The molecule has 0 saturated heterocycles. The number of hydrogen-bond donors (Lipinski definition) is 1. The van der Waals surface area contributed by atoms with Crippen LogP contribution in [0.25, 0.3) is 0 Å². The molecule has 0 aliphatic rings. The van der Waals surface area contributed by atoms with E-state index < -0.39 is 0 Å². The third-order valence-corrected chi connectivity index (χ3v) is 2.89. The fourth-order valence-corrected chi connectivity index (χ4v) is 1.77. The molecule has 0 aliphatic heterocycles. The quantitative estimate of drug-likeness (QED) is 0.801. The van der Waals surface area contributed by atoms with Crippen LogP contribution in [0.2, 0.25) is 0 Å². The first kappa shape index (κ1) is 13.2. The van der Waals surface area contributed by atoms with E-state index in [-0.39, 0.29) is 12.2 Å². The molecule has 0 aliphatic carbocycles. The van der Waals surface area contributed by atoms with Gasteiger partial charge >= 0.3 is 0 Å². The van der Waals surface area contributed by atoms with Crippen LogP contribution >= 0.6 is 0 Å². The summed E-state index contributed by atoms with van der Waals surface area (Å²) in [6.45, 7) is 4.44. The Hall–Kier alpha value is -0.860. The summed E-state index contributed by atoms with van der Waals surface area (Å²) in [5, 5.41) is 8.87. The highest BCUT2D eigenvalue weighted by Gasteiger charge is 2.18. The van der Waals surface area contributed by atoms with Gasteiger partial charge in [0.2, 0.25) is 0 Å². The highest BCUT2D eigenvalue weighted by atomic mass is 16.5. The summed E-state index contributed by atoms with van der Waals surface area (Å²) in [5.74, 6) is 0. The van der Waals surface area contributed by atoms with Crippen LogP contribution in [0.1, 0.15) is 31.4 Å². The monoisotopic (exact) mass is 222 g/mol. The molecular formula is C14H22O2. The van der Waals surface area contributed by atoms with Crippen LogP contribution in [0.5, 0.6) is 0 Å². The highest BCUT2D eigenvalue weighted by molar-refractivity contribution is 5.28. The number of methoxy groups -OCH3 is 1. The molecule has 90 valence electrons. The Morgan fingerprint density at radius 2 is 1.81 bits per heavy atom. The fourth-order valence-electron chi connectivity index (χ4n) is 1.77. The van der Waals surface area contributed by atoms with Crippen molar-refractivity contribution in [2.75, 3.05) is 13.7 Å². The molecule has 16 heavy (non-hydrogen) atoms. The van der Waals surface area contributed by atoms with Crippen LogP contribution in [0.3, 0.4) is 0 Å². The van der Waals surface area contributed by atoms with E-state index >= 15 is 0 Å². The lowest BCUT2D eigenvalue weighted by atomic mass is 9.93. The Balaban J connectivity index is 2.78. The lowest BCUT2D eigenvalue weighted by molar-refractivity contribution is 0.0230. The molecule has 0 spiro atoms. The van der Waals surface area contributed by atoms with Crippen molar-refractivity contribution in [3.8, 4) is 0 Å². The molecule has 1 aromatic carbocycles. The van der Waals surface area contributed by atoms with Crippen LogP contribution in [-0.4, -0.2) is 24.4 Å². The maximum absolute atomic E-state index is 8.87. The minimum Gasteiger partial charge on any atom is -0.396 e. The van der Waals surface area contributed by atoms with Crippen molar-refractivity contribution in [1.82, 2.24) is 0 Å². The topological polar surface area (TPSA) is 29.5 Å². The zero-order chi connectivity index (χ0) is 12.0. The molecule has 0 amide bonds. The molecule has 1 aromatic rings. The normalized spacial score (nSPS) is 11.8. The molecule has 0 aromatic heterocycles. The van der Waals surface area contributed by atoms with E-state index in [1.54, 1.807) is 7.11 Å². The molecule has 1 N–H and O–H groups in total. The van der Waals surface area contributed by atoms with Crippen molar-refractivity contribution in [2.45, 2.75) is 38.7 Å². The zero-order valence-corrected chi connectivity index (χ0v) is 10.5. The van der Waals surface area contributed by atoms with Gasteiger partial charge in [-0.2, -0.15) is 0 Å². The Morgan fingerprint density at radius 3 is 2.38 bits per heavy atom. The smallest absolute Gasteiger partial charge is 0.0663 e. The van der Waals surface area contributed by atoms with Crippen LogP contribution in [0.4, 0.5) is 0 Å². The summed E-state index contributed by atoms with van der Waals surface area (Å²) in [5.41, 5.74) is 2.51. The van der Waals surface area contributed by atoms with E-state index in [1.165, 1.54) is 11.1 Å². The second-order valence-corrected chi connectivity index (χ2v) is 4.74. The molecule has 0 heterocycles. The first-order chi connectivity index (χ1) is 7.59. The van der Waals surface area contributed by atoms with Crippen molar-refractivity contribution < 1.29 is 9.84 Å². The summed E-state index contributed by atoms with van der Waals surface area (Å²) >= 11 is 0. The average Bonchev–Trinajstić information content (AvgIpc) is 2.27. The molecule has 0 atom stereocenters. The van der Waals surface area contributed by atoms with Gasteiger partial charge in [0.1, 0.15) is 0 Å². The lowest BCUT2D eigenvalue weighted by Gasteiger charge is -2.24. The Morgan fingerprint density at radius 1 is 1.19 bits per heavy atom. The first-order valence-corrected chi connectivity index (χ1v) is 5.82. The fraction of sp³-hybridized carbons (Fsp3) is 0.571. The predicted molar refractivity (Wildman–Crippen MR) is 66.6 cm³/mol. The Bertz CT molecular complexity index is 318. The van der Waals surface area contributed by atoms with Crippen LogP contribution in [0, 0.1) is 0 Å². The number of benzene rings is 1. The molecule has 2 nitrogen and oxygen atoms in total. The number of aliphatic hydroxyl groups excluding tert-OH is 1. The van der Waals surface area contributed by atoms with Crippen molar-refractivity contribution in [3.63, 3.8) is 0 Å². The van der Waals surface area contributed by atoms with Crippen LogP contribution in [0.15, 0.2) is 24.3 Å². The van der Waals surface area contributed by atoms with E-state index in [4.69, 9.17) is 9.84 Å². The summed E-state index contributed by atoms with van der Waals surface area (Å²) in [7, 11) is 1.75. The largest absolute Gasteiger partial charge is 0.396 e. The maximum atomic E-state index is 8.87. The number of rotatable bonds is 6. The minimum atomic E-state index is -0.130. The van der Waals surface area contributed by atoms with Gasteiger partial charge in [-0.1, -0.05) is 24.3 Å². The van der Waals surface area contributed by atoms with E-state index in [1.807, 2.05) is 0 Å². The van der Waals surface area contributed by atoms with Crippen LogP contribution in [-0.2, 0) is 17.6 Å². The molecule has 0 saturated carbocycles. The number of aryl methyl sites for hydroxylation is 1. The molecule has 2 heteroatoms. The molecule has 0 fully saturated rings. The molecule has 0 bridgehead atoms. The second kappa shape index (κ2) is 6.02. The van der Waals surface area contributed by atoms with Gasteiger partial charge in [-0.05, 0) is 37.8 Å². The van der Waals surface area contributed by atoms with Gasteiger partial charge in [0.15, 0.2) is 0 Å². The van der Waals surface area contributed by atoms with Gasteiger partial charge in [0.05, 0.1) is 5.60 Å². The number of aliphatic hydroxyl groups is 1. The predicted octanol–water partition coefficient (Wildman–Crippen LogP) is 2.58. The molecule has 0 unspecified atom stereocenters. The minimum absolute atomic E-state index is 0.130. The van der Waals surface area contributed by atoms with Gasteiger partial charge < -0.3 is 9.84 Å². The Kier molecular flexibility index (Phi) is 4.97.